The van der Waals surface area contributed by atoms with E-state index in [2.05, 4.69) is 14.9 Å². The van der Waals surface area contributed by atoms with E-state index in [1.165, 1.54) is 6.20 Å². The second kappa shape index (κ2) is 6.36. The molecule has 1 aromatic heterocycles. The van der Waals surface area contributed by atoms with Crippen LogP contribution in [0.25, 0.3) is 0 Å². The Morgan fingerprint density at radius 3 is 2.65 bits per heavy atom. The highest BCUT2D eigenvalue weighted by atomic mass is 35.5. The average molecular weight is 315 g/mol. The molecule has 4 N–H and O–H groups in total. The summed E-state index contributed by atoms with van der Waals surface area (Å²) in [4.78, 5) is 0. The van der Waals surface area contributed by atoms with E-state index in [1.54, 1.807) is 12.1 Å². The van der Waals surface area contributed by atoms with Crippen LogP contribution in [0.2, 0.25) is 5.02 Å². The molecule has 20 heavy (non-hydrogen) atoms. The molecule has 8 heteroatoms. The van der Waals surface area contributed by atoms with Crippen molar-refractivity contribution in [2.45, 2.75) is 18.0 Å². The molecule has 0 unspecified atom stereocenters. The number of nitrogens with one attached hydrogen (secondary N) is 2. The normalized spacial score (nSPS) is 11.7. The van der Waals surface area contributed by atoms with Crippen LogP contribution in [-0.2, 0) is 23.0 Å². The number of H-pyrrole nitrogens is 1. The summed E-state index contributed by atoms with van der Waals surface area (Å²) >= 11 is 5.78. The minimum Gasteiger partial charge on any atom is -0.326 e. The standard InChI is InChI=1S/C12H15ClN4O2S/c13-11-3-1-9(2-4-11)5-6-16-20(18,19)12-10(7-14)8-15-17-12/h1-4,8,16H,5-7,14H2,(H,15,17). The van der Waals surface area contributed by atoms with Gasteiger partial charge < -0.3 is 5.73 Å². The molecule has 0 atom stereocenters. The number of aromatic nitrogens is 2. The smallest absolute Gasteiger partial charge is 0.257 e. The van der Waals surface area contributed by atoms with Crippen LogP contribution in [0.1, 0.15) is 11.1 Å². The Morgan fingerprint density at radius 2 is 2.00 bits per heavy atom. The fourth-order valence-electron chi connectivity index (χ4n) is 1.73. The van der Waals surface area contributed by atoms with Gasteiger partial charge in [-0.3, -0.25) is 5.10 Å². The molecular weight excluding hydrogens is 300 g/mol. The molecule has 0 saturated heterocycles. The SMILES string of the molecule is NCc1cn[nH]c1S(=O)(=O)NCCc1ccc(Cl)cc1. The van der Waals surface area contributed by atoms with Gasteiger partial charge in [-0.15, -0.1) is 0 Å². The van der Waals surface area contributed by atoms with Crippen molar-refractivity contribution in [2.24, 2.45) is 5.73 Å². The highest BCUT2D eigenvalue weighted by molar-refractivity contribution is 7.89. The van der Waals surface area contributed by atoms with Gasteiger partial charge in [-0.05, 0) is 24.1 Å². The highest BCUT2D eigenvalue weighted by Gasteiger charge is 2.19. The van der Waals surface area contributed by atoms with Crippen LogP contribution in [0, 0.1) is 0 Å². The van der Waals surface area contributed by atoms with Crippen molar-refractivity contribution in [3.05, 3.63) is 46.6 Å². The molecule has 0 aliphatic heterocycles. The van der Waals surface area contributed by atoms with Crippen molar-refractivity contribution < 1.29 is 8.42 Å². The van der Waals surface area contributed by atoms with E-state index >= 15 is 0 Å². The zero-order valence-electron chi connectivity index (χ0n) is 10.6. The first kappa shape index (κ1) is 15.0. The molecular formula is C12H15ClN4O2S. The van der Waals surface area contributed by atoms with E-state index in [0.29, 0.717) is 17.0 Å². The van der Waals surface area contributed by atoms with Crippen LogP contribution in [0.15, 0.2) is 35.5 Å². The summed E-state index contributed by atoms with van der Waals surface area (Å²) in [6, 6.07) is 7.26. The molecule has 0 aliphatic rings. The summed E-state index contributed by atoms with van der Waals surface area (Å²) in [6.07, 6.45) is 1.98. The minimum atomic E-state index is -3.61. The third-order valence-electron chi connectivity index (χ3n) is 2.79. The van der Waals surface area contributed by atoms with E-state index in [0.717, 1.165) is 5.56 Å². The first-order chi connectivity index (χ1) is 9.53. The molecule has 1 heterocycles. The monoisotopic (exact) mass is 314 g/mol. The number of nitrogens with zero attached hydrogens (tertiary/aromatic N) is 1. The molecule has 108 valence electrons. The molecule has 0 saturated carbocycles. The Hall–Kier alpha value is -1.41. The molecule has 6 nitrogen and oxygen atoms in total. The van der Waals surface area contributed by atoms with Gasteiger partial charge in [0.1, 0.15) is 0 Å². The maximum absolute atomic E-state index is 12.1. The minimum absolute atomic E-state index is 0.0242. The summed E-state index contributed by atoms with van der Waals surface area (Å²) in [5, 5.41) is 6.83. The third-order valence-corrected chi connectivity index (χ3v) is 4.51. The van der Waals surface area contributed by atoms with Gasteiger partial charge in [-0.2, -0.15) is 5.10 Å². The highest BCUT2D eigenvalue weighted by Crippen LogP contribution is 2.12. The Labute approximate surface area is 122 Å². The van der Waals surface area contributed by atoms with Crippen molar-refractivity contribution in [2.75, 3.05) is 6.54 Å². The average Bonchev–Trinajstić information content (AvgIpc) is 2.90. The first-order valence-electron chi connectivity index (χ1n) is 5.99. The number of rotatable bonds is 6. The lowest BCUT2D eigenvalue weighted by Gasteiger charge is -2.06. The maximum atomic E-state index is 12.1. The van der Waals surface area contributed by atoms with Crippen molar-refractivity contribution in [1.29, 1.82) is 0 Å². The fourth-order valence-corrected chi connectivity index (χ4v) is 3.03. The number of nitrogens with two attached hydrogens (primary N) is 1. The summed E-state index contributed by atoms with van der Waals surface area (Å²) in [7, 11) is -3.61. The van der Waals surface area contributed by atoms with Gasteiger partial charge in [0, 0.05) is 23.7 Å². The molecule has 0 aliphatic carbocycles. The van der Waals surface area contributed by atoms with Gasteiger partial charge in [-0.25, -0.2) is 13.1 Å². The number of sulfonamides is 1. The Kier molecular flexibility index (Phi) is 4.77. The van der Waals surface area contributed by atoms with Crippen molar-refractivity contribution >= 4 is 21.6 Å². The predicted octanol–water partition coefficient (Wildman–Crippen LogP) is 1.04. The molecule has 0 spiro atoms. The van der Waals surface area contributed by atoms with E-state index in [-0.39, 0.29) is 18.1 Å². The number of halogens is 1. The van der Waals surface area contributed by atoms with E-state index in [1.807, 2.05) is 12.1 Å². The summed E-state index contributed by atoms with van der Waals surface area (Å²) < 4.78 is 26.6. The van der Waals surface area contributed by atoms with Gasteiger partial charge >= 0.3 is 0 Å². The second-order valence-electron chi connectivity index (χ2n) is 4.20. The van der Waals surface area contributed by atoms with Gasteiger partial charge in [0.2, 0.25) is 0 Å². The zero-order chi connectivity index (χ0) is 14.6. The van der Waals surface area contributed by atoms with Crippen LogP contribution < -0.4 is 10.5 Å². The molecule has 2 rings (SSSR count). The number of hydrogen-bond donors (Lipinski definition) is 3. The number of hydrogen-bond acceptors (Lipinski definition) is 4. The van der Waals surface area contributed by atoms with Gasteiger partial charge in [0.15, 0.2) is 5.03 Å². The van der Waals surface area contributed by atoms with Crippen molar-refractivity contribution in [1.82, 2.24) is 14.9 Å². The summed E-state index contributed by atoms with van der Waals surface area (Å²) in [5.74, 6) is 0. The van der Waals surface area contributed by atoms with Crippen molar-refractivity contribution in [3.63, 3.8) is 0 Å². The first-order valence-corrected chi connectivity index (χ1v) is 7.85. The van der Waals surface area contributed by atoms with Crippen LogP contribution in [0.3, 0.4) is 0 Å². The predicted molar refractivity (Wildman–Crippen MR) is 76.8 cm³/mol. The van der Waals surface area contributed by atoms with Gasteiger partial charge in [0.05, 0.1) is 6.20 Å². The van der Waals surface area contributed by atoms with Crippen LogP contribution >= 0.6 is 11.6 Å². The molecule has 1 aromatic carbocycles. The lowest BCUT2D eigenvalue weighted by molar-refractivity contribution is 0.576. The topological polar surface area (TPSA) is 101 Å². The Bertz CT molecular complexity index is 667. The lowest BCUT2D eigenvalue weighted by Crippen LogP contribution is -2.27. The lowest BCUT2D eigenvalue weighted by atomic mass is 10.2. The van der Waals surface area contributed by atoms with Crippen molar-refractivity contribution in [3.8, 4) is 0 Å². The molecule has 0 fully saturated rings. The molecule has 0 radical (unpaired) electrons. The Balaban J connectivity index is 1.98. The van der Waals surface area contributed by atoms with Crippen LogP contribution in [0.4, 0.5) is 0 Å². The quantitative estimate of drug-likeness (QED) is 0.741. The largest absolute Gasteiger partial charge is 0.326 e. The van der Waals surface area contributed by atoms with Gasteiger partial charge in [-0.1, -0.05) is 23.7 Å². The number of benzene rings is 1. The maximum Gasteiger partial charge on any atom is 0.257 e. The van der Waals surface area contributed by atoms with Crippen LogP contribution in [0.5, 0.6) is 0 Å². The molecule has 2 aromatic rings. The molecule has 0 amide bonds. The van der Waals surface area contributed by atoms with E-state index < -0.39 is 10.0 Å². The summed E-state index contributed by atoms with van der Waals surface area (Å²) in [6.45, 7) is 0.400. The summed E-state index contributed by atoms with van der Waals surface area (Å²) in [5.41, 5.74) is 6.92. The zero-order valence-corrected chi connectivity index (χ0v) is 12.2. The van der Waals surface area contributed by atoms with Crippen LogP contribution in [-0.4, -0.2) is 25.2 Å². The number of aromatic amines is 1. The second-order valence-corrected chi connectivity index (χ2v) is 6.34. The van der Waals surface area contributed by atoms with Gasteiger partial charge in [0.25, 0.3) is 10.0 Å². The van der Waals surface area contributed by atoms with E-state index in [9.17, 15) is 8.42 Å². The Morgan fingerprint density at radius 1 is 1.30 bits per heavy atom. The molecule has 0 bridgehead atoms. The van der Waals surface area contributed by atoms with E-state index in [4.69, 9.17) is 17.3 Å². The fraction of sp³-hybridized carbons (Fsp3) is 0.250. The third kappa shape index (κ3) is 3.57.